The van der Waals surface area contributed by atoms with Gasteiger partial charge in [0.15, 0.2) is 6.61 Å². The van der Waals surface area contributed by atoms with Crippen LogP contribution in [0.5, 0.6) is 0 Å². The molecule has 0 aliphatic heterocycles. The highest BCUT2D eigenvalue weighted by molar-refractivity contribution is 6.30. The summed E-state index contributed by atoms with van der Waals surface area (Å²) in [5.41, 5.74) is 2.13. The Bertz CT molecular complexity index is 627. The molecule has 2 aromatic rings. The van der Waals surface area contributed by atoms with Crippen molar-refractivity contribution in [3.8, 4) is 0 Å². The third-order valence-corrected chi connectivity index (χ3v) is 3.40. The second-order valence-electron chi connectivity index (χ2n) is 5.00. The van der Waals surface area contributed by atoms with Gasteiger partial charge in [-0.1, -0.05) is 59.2 Å². The van der Waals surface area contributed by atoms with Crippen molar-refractivity contribution in [2.24, 2.45) is 5.16 Å². The zero-order valence-corrected chi connectivity index (χ0v) is 13.5. The van der Waals surface area contributed by atoms with E-state index < -0.39 is 0 Å². The Morgan fingerprint density at radius 3 is 2.61 bits per heavy atom. The maximum absolute atomic E-state index is 11.6. The van der Waals surface area contributed by atoms with E-state index >= 15 is 0 Å². The lowest BCUT2D eigenvalue weighted by molar-refractivity contribution is -0.125. The molecule has 2 aromatic carbocycles. The quantitative estimate of drug-likeness (QED) is 0.458. The number of halogens is 1. The first kappa shape index (κ1) is 17.0. The molecule has 0 fully saturated rings. The van der Waals surface area contributed by atoms with E-state index in [-0.39, 0.29) is 12.5 Å². The highest BCUT2D eigenvalue weighted by Crippen LogP contribution is 2.07. The van der Waals surface area contributed by atoms with Gasteiger partial charge in [-0.05, 0) is 36.1 Å². The molecule has 2 rings (SSSR count). The fraction of sp³-hybridized carbons (Fsp3) is 0.222. The zero-order chi connectivity index (χ0) is 16.3. The van der Waals surface area contributed by atoms with Gasteiger partial charge >= 0.3 is 0 Å². The number of nitrogens with one attached hydrogen (secondary N) is 1. The number of hydrogen-bond acceptors (Lipinski definition) is 3. The van der Waals surface area contributed by atoms with E-state index in [2.05, 4.69) is 22.6 Å². The van der Waals surface area contributed by atoms with E-state index in [0.717, 1.165) is 18.4 Å². The summed E-state index contributed by atoms with van der Waals surface area (Å²) in [7, 11) is 0. The smallest absolute Gasteiger partial charge is 0.260 e. The minimum atomic E-state index is -0.175. The van der Waals surface area contributed by atoms with E-state index in [1.807, 2.05) is 30.3 Å². The van der Waals surface area contributed by atoms with Gasteiger partial charge in [-0.25, -0.2) is 0 Å². The summed E-state index contributed by atoms with van der Waals surface area (Å²) in [5, 5.41) is 7.23. The van der Waals surface area contributed by atoms with Crippen molar-refractivity contribution in [2.75, 3.05) is 13.2 Å². The molecule has 1 N–H and O–H groups in total. The Kier molecular flexibility index (Phi) is 7.14. The summed E-state index contributed by atoms with van der Waals surface area (Å²) in [6.07, 6.45) is 3.37. The summed E-state index contributed by atoms with van der Waals surface area (Å²) in [5.74, 6) is -0.175. The molecule has 0 spiro atoms. The molecular formula is C18H19ClN2O2. The first-order valence-corrected chi connectivity index (χ1v) is 7.83. The second-order valence-corrected chi connectivity index (χ2v) is 5.44. The minimum Gasteiger partial charge on any atom is -0.386 e. The Balaban J connectivity index is 1.57. The molecule has 0 saturated heterocycles. The van der Waals surface area contributed by atoms with E-state index in [4.69, 9.17) is 16.4 Å². The molecule has 0 atom stereocenters. The van der Waals surface area contributed by atoms with Crippen LogP contribution in [-0.2, 0) is 16.1 Å². The van der Waals surface area contributed by atoms with Crippen LogP contribution >= 0.6 is 11.6 Å². The van der Waals surface area contributed by atoms with Gasteiger partial charge in [-0.15, -0.1) is 0 Å². The molecule has 0 saturated carbocycles. The van der Waals surface area contributed by atoms with Gasteiger partial charge in [0.05, 0.1) is 6.21 Å². The average Bonchev–Trinajstić information content (AvgIpc) is 2.58. The highest BCUT2D eigenvalue weighted by Gasteiger charge is 2.00. The molecule has 0 heterocycles. The Labute approximate surface area is 141 Å². The van der Waals surface area contributed by atoms with E-state index in [0.29, 0.717) is 11.6 Å². The van der Waals surface area contributed by atoms with Crippen LogP contribution in [0, 0.1) is 0 Å². The van der Waals surface area contributed by atoms with Crippen LogP contribution < -0.4 is 5.32 Å². The Morgan fingerprint density at radius 1 is 1.13 bits per heavy atom. The van der Waals surface area contributed by atoms with Crippen molar-refractivity contribution >= 4 is 23.7 Å². The van der Waals surface area contributed by atoms with Crippen molar-refractivity contribution in [3.05, 3.63) is 70.7 Å². The molecule has 4 nitrogen and oxygen atoms in total. The predicted octanol–water partition coefficient (Wildman–Crippen LogP) is 3.44. The number of benzene rings is 2. The SMILES string of the molecule is O=C(CO/N=C\c1ccc(Cl)cc1)NCCCc1ccccc1. The van der Waals surface area contributed by atoms with Crippen LogP contribution in [0.2, 0.25) is 5.02 Å². The molecule has 23 heavy (non-hydrogen) atoms. The number of nitrogens with zero attached hydrogens (tertiary/aromatic N) is 1. The van der Waals surface area contributed by atoms with Gasteiger partial charge in [-0.3, -0.25) is 4.79 Å². The number of aryl methyl sites for hydroxylation is 1. The van der Waals surface area contributed by atoms with E-state index in [9.17, 15) is 4.79 Å². The van der Waals surface area contributed by atoms with Gasteiger partial charge in [0.1, 0.15) is 0 Å². The van der Waals surface area contributed by atoms with Gasteiger partial charge < -0.3 is 10.2 Å². The maximum atomic E-state index is 11.6. The number of rotatable bonds is 8. The standard InChI is InChI=1S/C18H19ClN2O2/c19-17-10-8-16(9-11-17)13-21-23-14-18(22)20-12-4-7-15-5-2-1-3-6-15/h1-3,5-6,8-11,13H,4,7,12,14H2,(H,20,22)/b21-13-. The lowest BCUT2D eigenvalue weighted by atomic mass is 10.1. The van der Waals surface area contributed by atoms with Crippen molar-refractivity contribution in [3.63, 3.8) is 0 Å². The fourth-order valence-electron chi connectivity index (χ4n) is 1.96. The summed E-state index contributed by atoms with van der Waals surface area (Å²) < 4.78 is 0. The molecule has 0 aliphatic rings. The van der Waals surface area contributed by atoms with Gasteiger partial charge in [0, 0.05) is 11.6 Å². The van der Waals surface area contributed by atoms with Crippen LogP contribution in [0.3, 0.4) is 0 Å². The molecule has 0 bridgehead atoms. The van der Waals surface area contributed by atoms with Gasteiger partial charge in [-0.2, -0.15) is 0 Å². The minimum absolute atomic E-state index is 0.0879. The molecule has 0 unspecified atom stereocenters. The molecule has 120 valence electrons. The maximum Gasteiger partial charge on any atom is 0.260 e. The van der Waals surface area contributed by atoms with Crippen molar-refractivity contribution in [2.45, 2.75) is 12.8 Å². The predicted molar refractivity (Wildman–Crippen MR) is 92.8 cm³/mol. The number of carbonyl (C=O) groups is 1. The summed E-state index contributed by atoms with van der Waals surface area (Å²) in [4.78, 5) is 16.6. The number of oxime groups is 1. The van der Waals surface area contributed by atoms with Crippen LogP contribution in [0.1, 0.15) is 17.5 Å². The fourth-order valence-corrected chi connectivity index (χ4v) is 2.08. The zero-order valence-electron chi connectivity index (χ0n) is 12.7. The van der Waals surface area contributed by atoms with Gasteiger partial charge in [0.2, 0.25) is 0 Å². The first-order chi connectivity index (χ1) is 11.2. The summed E-state index contributed by atoms with van der Waals surface area (Å²) >= 11 is 5.79. The van der Waals surface area contributed by atoms with Crippen LogP contribution in [0.4, 0.5) is 0 Å². The largest absolute Gasteiger partial charge is 0.386 e. The third-order valence-electron chi connectivity index (χ3n) is 3.15. The van der Waals surface area contributed by atoms with Crippen molar-refractivity contribution in [1.29, 1.82) is 0 Å². The number of hydrogen-bond donors (Lipinski definition) is 1. The van der Waals surface area contributed by atoms with Gasteiger partial charge in [0.25, 0.3) is 5.91 Å². The Morgan fingerprint density at radius 2 is 1.87 bits per heavy atom. The van der Waals surface area contributed by atoms with E-state index in [1.54, 1.807) is 18.3 Å². The first-order valence-electron chi connectivity index (χ1n) is 7.45. The van der Waals surface area contributed by atoms with E-state index in [1.165, 1.54) is 5.56 Å². The normalized spacial score (nSPS) is 10.7. The van der Waals surface area contributed by atoms with Crippen LogP contribution in [0.25, 0.3) is 0 Å². The van der Waals surface area contributed by atoms with Crippen LogP contribution in [0.15, 0.2) is 59.8 Å². The number of carbonyl (C=O) groups excluding carboxylic acids is 1. The molecule has 0 aliphatic carbocycles. The summed E-state index contributed by atoms with van der Waals surface area (Å²) in [6.45, 7) is 0.535. The lowest BCUT2D eigenvalue weighted by Gasteiger charge is -2.04. The molecule has 1 amide bonds. The third kappa shape index (κ3) is 6.98. The topological polar surface area (TPSA) is 50.7 Å². The van der Waals surface area contributed by atoms with Crippen molar-refractivity contribution < 1.29 is 9.63 Å². The lowest BCUT2D eigenvalue weighted by Crippen LogP contribution is -2.28. The summed E-state index contributed by atoms with van der Waals surface area (Å²) in [6, 6.07) is 17.4. The Hall–Kier alpha value is -2.33. The molecule has 5 heteroatoms. The van der Waals surface area contributed by atoms with Crippen molar-refractivity contribution in [1.82, 2.24) is 5.32 Å². The molecule has 0 aromatic heterocycles. The average molecular weight is 331 g/mol. The second kappa shape index (κ2) is 9.64. The molecule has 0 radical (unpaired) electrons. The molecular weight excluding hydrogens is 312 g/mol. The van der Waals surface area contributed by atoms with Crippen LogP contribution in [-0.4, -0.2) is 25.3 Å². The monoisotopic (exact) mass is 330 g/mol. The number of amides is 1. The highest BCUT2D eigenvalue weighted by atomic mass is 35.5.